The van der Waals surface area contributed by atoms with E-state index in [4.69, 9.17) is 0 Å². The number of nitrogens with one attached hydrogen (secondary N) is 4. The third kappa shape index (κ3) is 6.33. The van der Waals surface area contributed by atoms with E-state index >= 15 is 0 Å². The van der Waals surface area contributed by atoms with E-state index in [0.29, 0.717) is 39.6 Å². The van der Waals surface area contributed by atoms with Crippen molar-refractivity contribution < 1.29 is 29.4 Å². The Hall–Kier alpha value is -3.64. The van der Waals surface area contributed by atoms with E-state index in [2.05, 4.69) is 52.5 Å². The van der Waals surface area contributed by atoms with Gasteiger partial charge in [0.1, 0.15) is 0 Å². The van der Waals surface area contributed by atoms with E-state index in [9.17, 15) is 29.4 Å². The van der Waals surface area contributed by atoms with E-state index in [0.717, 1.165) is 56.2 Å². The van der Waals surface area contributed by atoms with Crippen molar-refractivity contribution in [3.05, 3.63) is 76.5 Å². The number of carbonyl (C=O) groups is 4. The molecule has 0 saturated heterocycles. The molecule has 2 aliphatic rings. The molecule has 0 atom stereocenters. The number of carboxylic acid groups (broad SMARTS) is 2. The summed E-state index contributed by atoms with van der Waals surface area (Å²) in [6.07, 6.45) is 4.51. The van der Waals surface area contributed by atoms with Crippen molar-refractivity contribution in [2.24, 2.45) is 0 Å². The Kier molecular flexibility index (Phi) is 8.93. The van der Waals surface area contributed by atoms with Crippen LogP contribution in [-0.2, 0) is 38.4 Å². The number of carboxylic acids is 2. The van der Waals surface area contributed by atoms with Gasteiger partial charge in [0.2, 0.25) is 0 Å². The van der Waals surface area contributed by atoms with Crippen LogP contribution in [0, 0.1) is 13.8 Å². The van der Waals surface area contributed by atoms with Gasteiger partial charge in [-0.1, -0.05) is 0 Å². The normalized spacial score (nSPS) is 17.3. The summed E-state index contributed by atoms with van der Waals surface area (Å²) in [6, 6.07) is 0. The number of allylic oxidation sites excluding steroid dienone is 2. The van der Waals surface area contributed by atoms with Crippen LogP contribution >= 0.6 is 31.9 Å². The highest BCUT2D eigenvalue weighted by molar-refractivity contribution is 9.12. The number of aliphatic carboxylic acids is 2. The highest BCUT2D eigenvalue weighted by Crippen LogP contribution is 2.32. The van der Waals surface area contributed by atoms with E-state index < -0.39 is 11.9 Å². The first-order valence-electron chi connectivity index (χ1n) is 12.9. The molecule has 2 aromatic heterocycles. The topological polar surface area (TPSA) is 164 Å². The molecule has 0 spiro atoms. The number of carbonyl (C=O) groups excluding carboxylic acids is 2. The van der Waals surface area contributed by atoms with Crippen molar-refractivity contribution in [2.75, 3.05) is 0 Å². The summed E-state index contributed by atoms with van der Waals surface area (Å²) in [7, 11) is 0. The number of halogens is 2. The molecular weight excluding hydrogens is 660 g/mol. The molecule has 0 aromatic carbocycles. The lowest BCUT2D eigenvalue weighted by Gasteiger charge is -2.07. The molecule has 41 heavy (non-hydrogen) atoms. The zero-order valence-electron chi connectivity index (χ0n) is 23.0. The number of hydrogen-bond donors (Lipinski definition) is 6. The summed E-state index contributed by atoms with van der Waals surface area (Å²) in [6.45, 7) is 7.47. The molecule has 6 N–H and O–H groups in total. The summed E-state index contributed by atoms with van der Waals surface area (Å²) in [5, 5.41) is 24.4. The van der Waals surface area contributed by atoms with Gasteiger partial charge in [0.05, 0.1) is 8.96 Å². The molecule has 0 saturated carbocycles. The first-order valence-corrected chi connectivity index (χ1v) is 14.5. The molecule has 0 radical (unpaired) electrons. The fraction of sp³-hybridized carbons (Fsp3) is 0.310. The van der Waals surface area contributed by atoms with Crippen molar-refractivity contribution in [1.29, 1.82) is 0 Å². The van der Waals surface area contributed by atoms with Crippen LogP contribution in [0.15, 0.2) is 31.5 Å². The maximum absolute atomic E-state index is 12.1. The fourth-order valence-electron chi connectivity index (χ4n) is 5.05. The highest BCUT2D eigenvalue weighted by atomic mass is 79.9. The second-order valence-corrected chi connectivity index (χ2v) is 11.7. The third-order valence-electron chi connectivity index (χ3n) is 7.48. The number of H-pyrrole nitrogens is 2. The quantitative estimate of drug-likeness (QED) is 0.209. The lowest BCUT2D eigenvalue weighted by Crippen LogP contribution is -2.14. The van der Waals surface area contributed by atoms with E-state index in [1.165, 1.54) is 0 Å². The molecule has 10 nitrogen and oxygen atoms in total. The number of rotatable bonds is 10. The molecule has 0 bridgehead atoms. The molecule has 216 valence electrons. The number of aromatic amines is 2. The van der Waals surface area contributed by atoms with Gasteiger partial charge < -0.3 is 30.8 Å². The largest absolute Gasteiger partial charge is 0.481 e. The van der Waals surface area contributed by atoms with Crippen molar-refractivity contribution in [2.45, 2.75) is 59.8 Å². The average molecular weight is 690 g/mol. The van der Waals surface area contributed by atoms with Crippen molar-refractivity contribution in [3.8, 4) is 0 Å². The molecule has 0 unspecified atom stereocenters. The smallest absolute Gasteiger partial charge is 0.303 e. The first-order chi connectivity index (χ1) is 19.3. The predicted octanol–water partition coefficient (Wildman–Crippen LogP) is 4.86. The third-order valence-corrected chi connectivity index (χ3v) is 9.39. The zero-order chi connectivity index (χ0) is 30.2. The fourth-order valence-corrected chi connectivity index (χ4v) is 5.67. The van der Waals surface area contributed by atoms with Gasteiger partial charge in [-0.25, -0.2) is 0 Å². The molecule has 2 amide bonds. The summed E-state index contributed by atoms with van der Waals surface area (Å²) in [5.41, 5.74) is 9.34. The maximum Gasteiger partial charge on any atom is 0.303 e. The minimum Gasteiger partial charge on any atom is -0.481 e. The van der Waals surface area contributed by atoms with Crippen LogP contribution in [0.25, 0.3) is 12.2 Å². The summed E-state index contributed by atoms with van der Waals surface area (Å²) >= 11 is 6.60. The first kappa shape index (κ1) is 30.3. The summed E-state index contributed by atoms with van der Waals surface area (Å²) in [4.78, 5) is 54.0. The summed E-state index contributed by atoms with van der Waals surface area (Å²) < 4.78 is 0.919. The van der Waals surface area contributed by atoms with Crippen LogP contribution in [0.5, 0.6) is 0 Å². The van der Waals surface area contributed by atoms with Crippen LogP contribution < -0.4 is 10.6 Å². The molecule has 4 rings (SSSR count). The highest BCUT2D eigenvalue weighted by Gasteiger charge is 2.25. The van der Waals surface area contributed by atoms with Gasteiger partial charge in [-0.15, -0.1) is 0 Å². The zero-order valence-corrected chi connectivity index (χ0v) is 26.1. The second-order valence-electron chi connectivity index (χ2n) is 10.1. The molecule has 2 aliphatic heterocycles. The molecule has 0 fully saturated rings. The van der Waals surface area contributed by atoms with Gasteiger partial charge in [-0.05, 0) is 118 Å². The van der Waals surface area contributed by atoms with E-state index in [1.54, 1.807) is 0 Å². The lowest BCUT2D eigenvalue weighted by molar-refractivity contribution is -0.138. The van der Waals surface area contributed by atoms with Crippen LogP contribution in [0.2, 0.25) is 0 Å². The van der Waals surface area contributed by atoms with E-state index in [1.807, 2.05) is 39.8 Å². The molecule has 0 aliphatic carbocycles. The Morgan fingerprint density at radius 2 is 1.07 bits per heavy atom. The number of aromatic nitrogens is 2. The minimum absolute atomic E-state index is 0.0594. The standard InChI is InChI=1S/C29H30Br2N4O6/c1-12-16(5-7-24(36)37)22(32-18(12)9-20-14(3)26(30)28(40)34-20)11-23-17(6-8-25(38)39)13(2)19(33-23)10-21-15(4)27(31)29(41)35-21/h9-10,32-33H,5-8,11H2,1-4H3,(H,34,40)(H,35,41)(H,36,37)(H,38,39)/b20-9-,21-10-. The van der Waals surface area contributed by atoms with Gasteiger partial charge in [0.25, 0.3) is 11.8 Å². The number of hydrogen-bond acceptors (Lipinski definition) is 4. The Balaban J connectivity index is 1.79. The predicted molar refractivity (Wildman–Crippen MR) is 161 cm³/mol. The minimum atomic E-state index is -0.915. The van der Waals surface area contributed by atoms with Gasteiger partial charge >= 0.3 is 11.9 Å². The van der Waals surface area contributed by atoms with Crippen molar-refractivity contribution >= 4 is 67.8 Å². The van der Waals surface area contributed by atoms with Crippen LogP contribution in [0.3, 0.4) is 0 Å². The lowest BCUT2D eigenvalue weighted by atomic mass is 9.98. The maximum atomic E-state index is 12.1. The average Bonchev–Trinajstić information content (AvgIpc) is 3.53. The molecule has 4 heterocycles. The molecule has 2 aromatic rings. The molecular formula is C29H30Br2N4O6. The Labute approximate surface area is 253 Å². The van der Waals surface area contributed by atoms with Crippen molar-refractivity contribution in [1.82, 2.24) is 20.6 Å². The van der Waals surface area contributed by atoms with Crippen LogP contribution in [-0.4, -0.2) is 43.9 Å². The summed E-state index contributed by atoms with van der Waals surface area (Å²) in [5.74, 6) is -2.29. The van der Waals surface area contributed by atoms with Crippen LogP contribution in [0.4, 0.5) is 0 Å². The number of amides is 2. The Morgan fingerprint density at radius 1 is 0.707 bits per heavy atom. The van der Waals surface area contributed by atoms with Crippen LogP contribution in [0.1, 0.15) is 71.7 Å². The van der Waals surface area contributed by atoms with Gasteiger partial charge in [0, 0.05) is 53.4 Å². The molecule has 12 heteroatoms. The van der Waals surface area contributed by atoms with E-state index in [-0.39, 0.29) is 24.7 Å². The van der Waals surface area contributed by atoms with Crippen molar-refractivity contribution in [3.63, 3.8) is 0 Å². The Morgan fingerprint density at radius 3 is 1.37 bits per heavy atom. The van der Waals surface area contributed by atoms with Gasteiger partial charge in [0.15, 0.2) is 0 Å². The van der Waals surface area contributed by atoms with Gasteiger partial charge in [-0.2, -0.15) is 0 Å². The van der Waals surface area contributed by atoms with Gasteiger partial charge in [-0.3, -0.25) is 19.2 Å². The second kappa shape index (κ2) is 12.1. The Bertz CT molecular complexity index is 1500. The monoisotopic (exact) mass is 688 g/mol. The SMILES string of the molecule is CC1=C(Br)C(=O)N/C1=C\c1[nH]c(Cc2[nH]c(/C=C3\NC(=O)C(Br)=C3C)c(C)c2CCC(=O)O)c(CCC(=O)O)c1C.